The summed E-state index contributed by atoms with van der Waals surface area (Å²) in [6.45, 7) is 6.28. The van der Waals surface area contributed by atoms with Gasteiger partial charge >= 0.3 is 12.1 Å². The summed E-state index contributed by atoms with van der Waals surface area (Å²) in [5.74, 6) is -1.16. The Morgan fingerprint density at radius 3 is 2.20 bits per heavy atom. The van der Waals surface area contributed by atoms with Gasteiger partial charge in [0, 0.05) is 24.9 Å². The molecule has 0 unspecified atom stereocenters. The number of benzene rings is 2. The first kappa shape index (κ1) is 26.3. The summed E-state index contributed by atoms with van der Waals surface area (Å²) in [5.41, 5.74) is 4.12. The highest BCUT2D eigenvalue weighted by atomic mass is 16.5. The van der Waals surface area contributed by atoms with E-state index in [4.69, 9.17) is 9.84 Å². The van der Waals surface area contributed by atoms with Crippen LogP contribution >= 0.6 is 0 Å². The number of hydrogen-bond donors (Lipinski definition) is 3. The van der Waals surface area contributed by atoms with Gasteiger partial charge in [-0.15, -0.1) is 0 Å². The Labute approximate surface area is 207 Å². The molecule has 0 fully saturated rings. The number of nitrogens with one attached hydrogen (secondary N) is 2. The van der Waals surface area contributed by atoms with Crippen molar-refractivity contribution in [2.75, 3.05) is 13.2 Å². The van der Waals surface area contributed by atoms with Gasteiger partial charge in [-0.05, 0) is 34.1 Å². The third kappa shape index (κ3) is 7.31. The lowest BCUT2D eigenvalue weighted by Crippen LogP contribution is -2.41. The molecule has 7 nitrogen and oxygen atoms in total. The standard InChI is InChI=1S/C28H36N2O5/c1-4-5-10-19(15-26(32)33)30-25(31)16-28(2,3)18-29-27(34)35-17-24-22-13-8-6-11-20(22)21-12-7-9-14-23(21)24/h6-9,11-14,19,24H,4-5,10,15-18H2,1-3H3,(H,29,34)(H,30,31)(H,32,33)/t19-/m1/s1. The number of ether oxygens (including phenoxy) is 1. The van der Waals surface area contributed by atoms with Crippen molar-refractivity contribution in [3.05, 3.63) is 59.7 Å². The van der Waals surface area contributed by atoms with E-state index in [-0.39, 0.29) is 43.9 Å². The van der Waals surface area contributed by atoms with Crippen LogP contribution in [0.2, 0.25) is 0 Å². The van der Waals surface area contributed by atoms with Gasteiger partial charge in [-0.3, -0.25) is 9.59 Å². The molecule has 0 spiro atoms. The Kier molecular flexibility index (Phi) is 8.90. The molecule has 2 amide bonds. The topological polar surface area (TPSA) is 105 Å². The van der Waals surface area contributed by atoms with E-state index in [1.807, 2.05) is 45.0 Å². The lowest BCUT2D eigenvalue weighted by Gasteiger charge is -2.26. The van der Waals surface area contributed by atoms with Crippen molar-refractivity contribution in [2.24, 2.45) is 5.41 Å². The minimum atomic E-state index is -0.928. The highest BCUT2D eigenvalue weighted by Crippen LogP contribution is 2.44. The fourth-order valence-electron chi connectivity index (χ4n) is 4.62. The average molecular weight is 481 g/mol. The van der Waals surface area contributed by atoms with Gasteiger partial charge in [0.05, 0.1) is 6.42 Å². The number of carboxylic acids is 1. The molecule has 35 heavy (non-hydrogen) atoms. The van der Waals surface area contributed by atoms with E-state index in [1.54, 1.807) is 0 Å². The maximum atomic E-state index is 12.5. The van der Waals surface area contributed by atoms with Crippen LogP contribution in [0.1, 0.15) is 69.9 Å². The van der Waals surface area contributed by atoms with Gasteiger partial charge in [-0.1, -0.05) is 82.1 Å². The van der Waals surface area contributed by atoms with Gasteiger partial charge in [0.2, 0.25) is 5.91 Å². The van der Waals surface area contributed by atoms with Crippen LogP contribution in [-0.2, 0) is 14.3 Å². The van der Waals surface area contributed by atoms with E-state index in [1.165, 1.54) is 11.1 Å². The maximum absolute atomic E-state index is 12.5. The number of rotatable bonds is 12. The quantitative estimate of drug-likeness (QED) is 0.392. The molecular formula is C28H36N2O5. The smallest absolute Gasteiger partial charge is 0.407 e. The molecule has 188 valence electrons. The molecule has 0 radical (unpaired) electrons. The fourth-order valence-corrected chi connectivity index (χ4v) is 4.62. The van der Waals surface area contributed by atoms with Crippen LogP contribution in [0.15, 0.2) is 48.5 Å². The van der Waals surface area contributed by atoms with Crippen LogP contribution in [0, 0.1) is 5.41 Å². The van der Waals surface area contributed by atoms with Crippen LogP contribution in [-0.4, -0.2) is 42.3 Å². The van der Waals surface area contributed by atoms with Crippen molar-refractivity contribution in [1.29, 1.82) is 0 Å². The van der Waals surface area contributed by atoms with Gasteiger partial charge in [0.25, 0.3) is 0 Å². The summed E-state index contributed by atoms with van der Waals surface area (Å²) in [7, 11) is 0. The number of alkyl carbamates (subject to hydrolysis) is 1. The van der Waals surface area contributed by atoms with E-state index in [0.29, 0.717) is 6.42 Å². The second-order valence-corrected chi connectivity index (χ2v) is 10.0. The molecule has 7 heteroatoms. The summed E-state index contributed by atoms with van der Waals surface area (Å²) >= 11 is 0. The number of hydrogen-bond acceptors (Lipinski definition) is 4. The molecular weight excluding hydrogens is 444 g/mol. The Balaban J connectivity index is 1.49. The number of carbonyl (C=O) groups is 3. The van der Waals surface area contributed by atoms with Gasteiger partial charge in [0.15, 0.2) is 0 Å². The lowest BCUT2D eigenvalue weighted by atomic mass is 9.88. The summed E-state index contributed by atoms with van der Waals surface area (Å²) in [4.78, 5) is 36.1. The molecule has 3 N–H and O–H groups in total. The maximum Gasteiger partial charge on any atom is 0.407 e. The number of aliphatic carboxylic acids is 1. The Hall–Kier alpha value is -3.35. The van der Waals surface area contributed by atoms with Crippen molar-refractivity contribution >= 4 is 18.0 Å². The zero-order valence-electron chi connectivity index (χ0n) is 20.8. The third-order valence-electron chi connectivity index (χ3n) is 6.39. The van der Waals surface area contributed by atoms with E-state index >= 15 is 0 Å². The first-order valence-electron chi connectivity index (χ1n) is 12.3. The molecule has 0 heterocycles. The first-order chi connectivity index (χ1) is 16.7. The fraction of sp³-hybridized carbons (Fsp3) is 0.464. The monoisotopic (exact) mass is 480 g/mol. The minimum Gasteiger partial charge on any atom is -0.481 e. The van der Waals surface area contributed by atoms with Gasteiger partial charge in [-0.25, -0.2) is 4.79 Å². The van der Waals surface area contributed by atoms with Gasteiger partial charge < -0.3 is 20.5 Å². The Morgan fingerprint density at radius 2 is 1.63 bits per heavy atom. The Bertz CT molecular complexity index is 1000. The van der Waals surface area contributed by atoms with Crippen molar-refractivity contribution in [1.82, 2.24) is 10.6 Å². The summed E-state index contributed by atoms with van der Waals surface area (Å²) < 4.78 is 5.58. The van der Waals surface area contributed by atoms with E-state index < -0.39 is 17.5 Å². The number of amides is 2. The Morgan fingerprint density at radius 1 is 1.03 bits per heavy atom. The van der Waals surface area contributed by atoms with Gasteiger partial charge in [-0.2, -0.15) is 0 Å². The molecule has 0 saturated carbocycles. The zero-order valence-corrected chi connectivity index (χ0v) is 20.8. The summed E-state index contributed by atoms with van der Waals surface area (Å²) in [6.07, 6.45) is 1.97. The van der Waals surface area contributed by atoms with Crippen LogP contribution in [0.3, 0.4) is 0 Å². The van der Waals surface area contributed by atoms with Crippen molar-refractivity contribution in [2.45, 2.75) is 64.8 Å². The van der Waals surface area contributed by atoms with E-state index in [9.17, 15) is 14.4 Å². The van der Waals surface area contributed by atoms with Crippen LogP contribution in [0.5, 0.6) is 0 Å². The van der Waals surface area contributed by atoms with Gasteiger partial charge in [0.1, 0.15) is 6.61 Å². The number of carbonyl (C=O) groups excluding carboxylic acids is 2. The minimum absolute atomic E-state index is 0.0128. The van der Waals surface area contributed by atoms with E-state index in [2.05, 4.69) is 34.9 Å². The second-order valence-electron chi connectivity index (χ2n) is 10.0. The molecule has 3 rings (SSSR count). The van der Waals surface area contributed by atoms with Crippen LogP contribution in [0.4, 0.5) is 4.79 Å². The highest BCUT2D eigenvalue weighted by Gasteiger charge is 2.30. The second kappa shape index (κ2) is 11.9. The highest BCUT2D eigenvalue weighted by molar-refractivity contribution is 5.79. The van der Waals surface area contributed by atoms with Crippen LogP contribution < -0.4 is 10.6 Å². The third-order valence-corrected chi connectivity index (χ3v) is 6.39. The number of fused-ring (bicyclic) bond motifs is 3. The zero-order chi connectivity index (χ0) is 25.4. The van der Waals surface area contributed by atoms with Crippen molar-refractivity contribution < 1.29 is 24.2 Å². The predicted molar refractivity (Wildman–Crippen MR) is 135 cm³/mol. The molecule has 0 aromatic heterocycles. The molecule has 1 aliphatic carbocycles. The SMILES string of the molecule is CCCC[C@H](CC(=O)O)NC(=O)CC(C)(C)CNC(=O)OCC1c2ccccc2-c2ccccc21. The molecule has 0 aliphatic heterocycles. The van der Waals surface area contributed by atoms with Crippen LogP contribution in [0.25, 0.3) is 11.1 Å². The average Bonchev–Trinajstić information content (AvgIpc) is 3.13. The molecule has 2 aromatic rings. The van der Waals surface area contributed by atoms with E-state index in [0.717, 1.165) is 24.0 Å². The summed E-state index contributed by atoms with van der Waals surface area (Å²) in [6, 6.07) is 15.9. The largest absolute Gasteiger partial charge is 0.481 e. The van der Waals surface area contributed by atoms with Crippen molar-refractivity contribution in [3.8, 4) is 11.1 Å². The normalized spacial score (nSPS) is 13.5. The molecule has 1 aliphatic rings. The summed E-state index contributed by atoms with van der Waals surface area (Å²) in [5, 5.41) is 14.7. The first-order valence-corrected chi connectivity index (χ1v) is 12.3. The molecule has 2 aromatic carbocycles. The number of unbranched alkanes of at least 4 members (excludes halogenated alkanes) is 1. The number of carboxylic acid groups (broad SMARTS) is 1. The molecule has 1 atom stereocenters. The predicted octanol–water partition coefficient (Wildman–Crippen LogP) is 5.09. The molecule has 0 bridgehead atoms. The van der Waals surface area contributed by atoms with Crippen molar-refractivity contribution in [3.63, 3.8) is 0 Å². The molecule has 0 saturated heterocycles. The lowest BCUT2D eigenvalue weighted by molar-refractivity contribution is -0.137.